The number of allylic oxidation sites excluding steroid dienone is 3. The molecule has 1 aromatic carbocycles. The molecule has 0 aliphatic heterocycles. The maximum absolute atomic E-state index is 11.9. The highest BCUT2D eigenvalue weighted by Gasteiger charge is 2.43. The van der Waals surface area contributed by atoms with Crippen LogP contribution in [0, 0.1) is 0 Å². The molecule has 0 radical (unpaired) electrons. The Labute approximate surface area is 128 Å². The first kappa shape index (κ1) is 14.1. The number of hydrogen-bond donors (Lipinski definition) is 1. The van der Waals surface area contributed by atoms with Gasteiger partial charge in [-0.15, -0.1) is 5.10 Å². The van der Waals surface area contributed by atoms with Crippen molar-refractivity contribution in [3.8, 4) is 0 Å². The topological polar surface area (TPSA) is 76.0 Å². The van der Waals surface area contributed by atoms with Gasteiger partial charge in [0.1, 0.15) is 0 Å². The zero-order chi connectivity index (χ0) is 15.6. The Morgan fingerprint density at radius 3 is 2.59 bits per heavy atom. The molecule has 5 nitrogen and oxygen atoms in total. The first-order valence-electron chi connectivity index (χ1n) is 6.95. The first-order chi connectivity index (χ1) is 10.6. The number of carboxylic acid groups (broad SMARTS) is 1. The molecular formula is C17H15N3O2. The molecule has 1 heterocycles. The molecule has 1 aliphatic rings. The number of rotatable bonds is 3. The second kappa shape index (κ2) is 5.52. The summed E-state index contributed by atoms with van der Waals surface area (Å²) in [6, 6.07) is 9.91. The van der Waals surface area contributed by atoms with Crippen LogP contribution in [-0.2, 0) is 10.2 Å². The van der Waals surface area contributed by atoms with Crippen molar-refractivity contribution in [2.45, 2.75) is 18.8 Å². The number of nitrogens with zero attached hydrogens (tertiary/aromatic N) is 3. The third-order valence-corrected chi connectivity index (χ3v) is 3.89. The largest absolute Gasteiger partial charge is 0.480 e. The van der Waals surface area contributed by atoms with E-state index in [0.29, 0.717) is 6.42 Å². The fraction of sp³-hybridized carbons (Fsp3) is 0.176. The van der Waals surface area contributed by atoms with Crippen LogP contribution in [0.4, 0.5) is 0 Å². The molecular weight excluding hydrogens is 278 g/mol. The number of carboxylic acids is 1. The van der Waals surface area contributed by atoms with Crippen molar-refractivity contribution in [2.24, 2.45) is 0 Å². The van der Waals surface area contributed by atoms with E-state index in [1.807, 2.05) is 43.3 Å². The highest BCUT2D eigenvalue weighted by Crippen LogP contribution is 2.38. The lowest BCUT2D eigenvalue weighted by Crippen LogP contribution is -2.37. The Hall–Kier alpha value is -2.82. The van der Waals surface area contributed by atoms with Crippen LogP contribution in [0.5, 0.6) is 0 Å². The standard InChI is InChI=1S/C17H15N3O2/c1-12-11-17(16(21)22,15-18-9-10-19-20-15)8-7-14(12)13-5-3-2-4-6-13/h2-10H,11H2,1H3,(H,21,22). The summed E-state index contributed by atoms with van der Waals surface area (Å²) in [4.78, 5) is 16.0. The number of hydrogen-bond acceptors (Lipinski definition) is 4. The van der Waals surface area contributed by atoms with Crippen molar-refractivity contribution in [1.29, 1.82) is 0 Å². The summed E-state index contributed by atoms with van der Waals surface area (Å²) in [6.07, 6.45) is 6.74. The molecule has 2 aromatic rings. The van der Waals surface area contributed by atoms with E-state index >= 15 is 0 Å². The minimum absolute atomic E-state index is 0.213. The van der Waals surface area contributed by atoms with E-state index in [0.717, 1.165) is 16.7 Å². The summed E-state index contributed by atoms with van der Waals surface area (Å²) >= 11 is 0. The van der Waals surface area contributed by atoms with Crippen LogP contribution < -0.4 is 0 Å². The van der Waals surface area contributed by atoms with Crippen LogP contribution >= 0.6 is 0 Å². The molecule has 5 heteroatoms. The van der Waals surface area contributed by atoms with E-state index in [1.54, 1.807) is 6.08 Å². The lowest BCUT2D eigenvalue weighted by molar-refractivity contribution is -0.142. The summed E-state index contributed by atoms with van der Waals surface area (Å²) in [5, 5.41) is 17.4. The lowest BCUT2D eigenvalue weighted by Gasteiger charge is -2.28. The summed E-state index contributed by atoms with van der Waals surface area (Å²) in [5.41, 5.74) is 1.85. The van der Waals surface area contributed by atoms with Crippen LogP contribution in [0.25, 0.3) is 5.57 Å². The zero-order valence-corrected chi connectivity index (χ0v) is 12.1. The van der Waals surface area contributed by atoms with E-state index in [-0.39, 0.29) is 5.82 Å². The SMILES string of the molecule is CC1=C(c2ccccc2)C=CC(C(=O)O)(c2nccnn2)C1. The average Bonchev–Trinajstić information content (AvgIpc) is 2.56. The van der Waals surface area contributed by atoms with Crippen molar-refractivity contribution in [3.05, 3.63) is 71.8 Å². The molecule has 1 aliphatic carbocycles. The number of aromatic nitrogens is 3. The quantitative estimate of drug-likeness (QED) is 0.941. The maximum atomic E-state index is 11.9. The fourth-order valence-corrected chi connectivity index (χ4v) is 2.75. The van der Waals surface area contributed by atoms with E-state index in [9.17, 15) is 9.90 Å². The first-order valence-corrected chi connectivity index (χ1v) is 6.95. The van der Waals surface area contributed by atoms with Crippen LogP contribution in [0.3, 0.4) is 0 Å². The molecule has 1 unspecified atom stereocenters. The second-order valence-electron chi connectivity index (χ2n) is 5.31. The zero-order valence-electron chi connectivity index (χ0n) is 12.1. The average molecular weight is 293 g/mol. The van der Waals surface area contributed by atoms with Gasteiger partial charge in [-0.2, -0.15) is 5.10 Å². The van der Waals surface area contributed by atoms with Crippen LogP contribution in [0.15, 0.2) is 60.5 Å². The minimum atomic E-state index is -1.25. The molecule has 110 valence electrons. The lowest BCUT2D eigenvalue weighted by atomic mass is 9.75. The van der Waals surface area contributed by atoms with E-state index in [2.05, 4.69) is 15.2 Å². The van der Waals surface area contributed by atoms with Crippen LogP contribution in [-0.4, -0.2) is 26.3 Å². The molecule has 0 saturated carbocycles. The van der Waals surface area contributed by atoms with Gasteiger partial charge >= 0.3 is 5.97 Å². The van der Waals surface area contributed by atoms with Gasteiger partial charge in [0.05, 0.1) is 6.20 Å². The summed E-state index contributed by atoms with van der Waals surface area (Å²) in [5.74, 6) is -0.756. The van der Waals surface area contributed by atoms with Gasteiger partial charge in [-0.25, -0.2) is 4.98 Å². The molecule has 0 fully saturated rings. The Balaban J connectivity index is 2.05. The summed E-state index contributed by atoms with van der Waals surface area (Å²) in [6.45, 7) is 1.94. The normalized spacial score (nSPS) is 21.0. The highest BCUT2D eigenvalue weighted by molar-refractivity contribution is 5.88. The Morgan fingerprint density at radius 2 is 2.00 bits per heavy atom. The van der Waals surface area contributed by atoms with E-state index in [4.69, 9.17) is 0 Å². The monoisotopic (exact) mass is 293 g/mol. The Kier molecular flexibility index (Phi) is 3.55. The number of carbonyl (C=O) groups is 1. The predicted octanol–water partition coefficient (Wildman–Crippen LogP) is 2.63. The molecule has 1 atom stereocenters. The summed E-state index contributed by atoms with van der Waals surface area (Å²) in [7, 11) is 0. The maximum Gasteiger partial charge on any atom is 0.321 e. The number of benzene rings is 1. The van der Waals surface area contributed by atoms with Gasteiger partial charge < -0.3 is 5.11 Å². The fourth-order valence-electron chi connectivity index (χ4n) is 2.75. The molecule has 0 spiro atoms. The van der Waals surface area contributed by atoms with Gasteiger partial charge in [0.15, 0.2) is 11.2 Å². The molecule has 1 N–H and O–H groups in total. The number of aliphatic carboxylic acids is 1. The van der Waals surface area contributed by atoms with Gasteiger partial charge in [0.25, 0.3) is 0 Å². The van der Waals surface area contributed by atoms with Gasteiger partial charge in [0.2, 0.25) is 0 Å². The van der Waals surface area contributed by atoms with Crippen molar-refractivity contribution < 1.29 is 9.90 Å². The predicted molar refractivity (Wildman–Crippen MR) is 81.9 cm³/mol. The Morgan fingerprint density at radius 1 is 1.23 bits per heavy atom. The third-order valence-electron chi connectivity index (χ3n) is 3.89. The molecule has 1 aromatic heterocycles. The highest BCUT2D eigenvalue weighted by atomic mass is 16.4. The van der Waals surface area contributed by atoms with Crippen LogP contribution in [0.2, 0.25) is 0 Å². The van der Waals surface area contributed by atoms with Gasteiger partial charge in [-0.1, -0.05) is 48.1 Å². The molecule has 0 bridgehead atoms. The van der Waals surface area contributed by atoms with Crippen molar-refractivity contribution in [1.82, 2.24) is 15.2 Å². The van der Waals surface area contributed by atoms with Gasteiger partial charge in [0, 0.05) is 6.20 Å². The second-order valence-corrected chi connectivity index (χ2v) is 5.31. The molecule has 0 amide bonds. The van der Waals surface area contributed by atoms with Gasteiger partial charge in [-0.3, -0.25) is 4.79 Å². The molecule has 3 rings (SSSR count). The van der Waals surface area contributed by atoms with Crippen molar-refractivity contribution in [2.75, 3.05) is 0 Å². The molecule has 0 saturated heterocycles. The molecule has 22 heavy (non-hydrogen) atoms. The third kappa shape index (κ3) is 2.30. The van der Waals surface area contributed by atoms with E-state index in [1.165, 1.54) is 12.4 Å². The minimum Gasteiger partial charge on any atom is -0.480 e. The van der Waals surface area contributed by atoms with Crippen LogP contribution in [0.1, 0.15) is 24.7 Å². The van der Waals surface area contributed by atoms with Crippen molar-refractivity contribution in [3.63, 3.8) is 0 Å². The Bertz CT molecular complexity index is 754. The van der Waals surface area contributed by atoms with Gasteiger partial charge in [-0.05, 0) is 24.5 Å². The van der Waals surface area contributed by atoms with E-state index < -0.39 is 11.4 Å². The van der Waals surface area contributed by atoms with Crippen molar-refractivity contribution >= 4 is 11.5 Å². The smallest absolute Gasteiger partial charge is 0.321 e. The summed E-state index contributed by atoms with van der Waals surface area (Å²) < 4.78 is 0.